The summed E-state index contributed by atoms with van der Waals surface area (Å²) in [6.07, 6.45) is 0. The van der Waals surface area contributed by atoms with E-state index in [-0.39, 0.29) is 0 Å². The van der Waals surface area contributed by atoms with E-state index in [2.05, 4.69) is 0 Å². The Morgan fingerprint density at radius 3 is 2.00 bits per heavy atom. The third-order valence-electron chi connectivity index (χ3n) is 0.871. The van der Waals surface area contributed by atoms with Crippen molar-refractivity contribution in [2.24, 2.45) is 0 Å². The molecule has 8 heavy (non-hydrogen) atoms. The third kappa shape index (κ3) is 3.43. The summed E-state index contributed by atoms with van der Waals surface area (Å²) in [5, 5.41) is 0. The molecule has 50 valence electrons. The predicted octanol–water partition coefficient (Wildman–Crippen LogP) is 0.738. The zero-order valence-corrected chi connectivity index (χ0v) is 7.10. The van der Waals surface area contributed by atoms with Gasteiger partial charge >= 0.3 is 9.28 Å². The number of hydrogen-bond donors (Lipinski definition) is 0. The van der Waals surface area contributed by atoms with Crippen molar-refractivity contribution in [2.75, 3.05) is 20.1 Å². The molecule has 0 aromatic carbocycles. The van der Waals surface area contributed by atoms with E-state index in [1.54, 1.807) is 14.2 Å². The lowest BCUT2D eigenvalue weighted by molar-refractivity contribution is 0.279. The van der Waals surface area contributed by atoms with Crippen LogP contribution in [0.5, 0.6) is 0 Å². The lowest BCUT2D eigenvalue weighted by Crippen LogP contribution is -2.18. The van der Waals surface area contributed by atoms with Crippen LogP contribution >= 0.6 is 11.6 Å². The largest absolute Gasteiger partial charge is 0.400 e. The highest BCUT2D eigenvalue weighted by Crippen LogP contribution is 1.94. The summed E-state index contributed by atoms with van der Waals surface area (Å²) in [6.45, 7) is 0. The van der Waals surface area contributed by atoms with Gasteiger partial charge in [0.2, 0.25) is 0 Å². The molecular formula is C4H11ClO2Si. The molecule has 0 aromatic rings. The molecule has 4 heteroatoms. The normalized spacial score (nSPS) is 10.5. The summed E-state index contributed by atoms with van der Waals surface area (Å²) in [4.78, 5) is 0. The van der Waals surface area contributed by atoms with E-state index in [0.717, 1.165) is 6.04 Å². The minimum Gasteiger partial charge on any atom is -0.400 e. The fraction of sp³-hybridized carbons (Fsp3) is 1.00. The average molecular weight is 155 g/mol. The minimum absolute atomic E-state index is 0.637. The maximum Gasteiger partial charge on any atom is 0.322 e. The summed E-state index contributed by atoms with van der Waals surface area (Å²) >= 11 is 5.43. The molecule has 0 aliphatic heterocycles. The van der Waals surface area contributed by atoms with Gasteiger partial charge in [-0.1, -0.05) is 0 Å². The molecule has 2 nitrogen and oxygen atoms in total. The molecular weight excluding hydrogens is 144 g/mol. The summed E-state index contributed by atoms with van der Waals surface area (Å²) in [5.41, 5.74) is 0. The fourth-order valence-electron chi connectivity index (χ4n) is 0.421. The van der Waals surface area contributed by atoms with Gasteiger partial charge in [-0.25, -0.2) is 0 Å². The van der Waals surface area contributed by atoms with E-state index in [4.69, 9.17) is 20.5 Å². The molecule has 0 radical (unpaired) electrons. The van der Waals surface area contributed by atoms with Gasteiger partial charge in [-0.05, 0) is 0 Å². The van der Waals surface area contributed by atoms with Crippen LogP contribution in [-0.4, -0.2) is 29.4 Å². The number of rotatable bonds is 4. The third-order valence-corrected chi connectivity index (χ3v) is 3.27. The van der Waals surface area contributed by atoms with Crippen molar-refractivity contribution < 1.29 is 8.85 Å². The molecule has 0 heterocycles. The Bertz CT molecular complexity index is 49.3. The molecule has 0 amide bonds. The highest BCUT2D eigenvalue weighted by Gasteiger charge is 2.05. The second kappa shape index (κ2) is 5.56. The van der Waals surface area contributed by atoms with Gasteiger partial charge < -0.3 is 8.85 Å². The molecule has 0 aliphatic rings. The van der Waals surface area contributed by atoms with Crippen molar-refractivity contribution in [3.63, 3.8) is 0 Å². The zero-order chi connectivity index (χ0) is 6.41. The van der Waals surface area contributed by atoms with Gasteiger partial charge in [0.05, 0.1) is 0 Å². The first-order valence-corrected chi connectivity index (χ1v) is 4.76. The smallest absolute Gasteiger partial charge is 0.322 e. The Morgan fingerprint density at radius 1 is 1.38 bits per heavy atom. The first-order valence-electron chi connectivity index (χ1n) is 2.46. The van der Waals surface area contributed by atoms with Crippen molar-refractivity contribution in [2.45, 2.75) is 6.04 Å². The van der Waals surface area contributed by atoms with E-state index < -0.39 is 9.28 Å². The minimum atomic E-state index is -1.32. The molecule has 0 N–H and O–H groups in total. The van der Waals surface area contributed by atoms with Gasteiger partial charge in [0.15, 0.2) is 0 Å². The highest BCUT2D eigenvalue weighted by atomic mass is 35.5. The molecule has 0 bridgehead atoms. The number of halogens is 1. The lowest BCUT2D eigenvalue weighted by Gasteiger charge is -2.06. The lowest BCUT2D eigenvalue weighted by atomic mass is 11.0. The SMILES string of the molecule is CO[SiH](CCCl)OC. The number of hydrogen-bond acceptors (Lipinski definition) is 2. The van der Waals surface area contributed by atoms with Crippen LogP contribution < -0.4 is 0 Å². The van der Waals surface area contributed by atoms with Crippen molar-refractivity contribution in [3.05, 3.63) is 0 Å². The van der Waals surface area contributed by atoms with Crippen LogP contribution in [0.2, 0.25) is 6.04 Å². The first-order chi connectivity index (χ1) is 3.85. The molecule has 0 unspecified atom stereocenters. The molecule has 0 saturated carbocycles. The van der Waals surface area contributed by atoms with E-state index in [0.29, 0.717) is 5.88 Å². The fourth-order valence-corrected chi connectivity index (χ4v) is 1.80. The van der Waals surface area contributed by atoms with Crippen LogP contribution in [0.25, 0.3) is 0 Å². The number of alkyl halides is 1. The average Bonchev–Trinajstić information content (AvgIpc) is 1.83. The standard InChI is InChI=1S/C4H11ClO2Si/c1-6-8(7-2)4-3-5/h8H,3-4H2,1-2H3. The quantitative estimate of drug-likeness (QED) is 0.439. The molecule has 0 fully saturated rings. The van der Waals surface area contributed by atoms with Gasteiger partial charge in [0.1, 0.15) is 0 Å². The molecule has 0 saturated heterocycles. The van der Waals surface area contributed by atoms with Gasteiger partial charge in [0, 0.05) is 26.1 Å². The Labute approximate surface area is 56.6 Å². The van der Waals surface area contributed by atoms with Crippen molar-refractivity contribution >= 4 is 20.9 Å². The first kappa shape index (κ1) is 8.43. The van der Waals surface area contributed by atoms with Gasteiger partial charge in [0.25, 0.3) is 0 Å². The van der Waals surface area contributed by atoms with Gasteiger partial charge in [-0.2, -0.15) is 0 Å². The topological polar surface area (TPSA) is 18.5 Å². The van der Waals surface area contributed by atoms with Gasteiger partial charge in [-0.3, -0.25) is 0 Å². The second-order valence-corrected chi connectivity index (χ2v) is 4.14. The monoisotopic (exact) mass is 154 g/mol. The second-order valence-electron chi connectivity index (χ2n) is 1.38. The van der Waals surface area contributed by atoms with E-state index in [1.807, 2.05) is 0 Å². The van der Waals surface area contributed by atoms with Gasteiger partial charge in [-0.15, -0.1) is 11.6 Å². The van der Waals surface area contributed by atoms with E-state index >= 15 is 0 Å². The Balaban J connectivity index is 3.07. The molecule has 0 aliphatic carbocycles. The van der Waals surface area contributed by atoms with Crippen LogP contribution in [0.1, 0.15) is 0 Å². The van der Waals surface area contributed by atoms with E-state index in [1.165, 1.54) is 0 Å². The van der Waals surface area contributed by atoms with Crippen LogP contribution in [0.3, 0.4) is 0 Å². The van der Waals surface area contributed by atoms with Crippen LogP contribution in [0, 0.1) is 0 Å². The molecule has 0 atom stereocenters. The van der Waals surface area contributed by atoms with Crippen LogP contribution in [0.15, 0.2) is 0 Å². The highest BCUT2D eigenvalue weighted by molar-refractivity contribution is 6.45. The molecule has 0 rings (SSSR count). The van der Waals surface area contributed by atoms with E-state index in [9.17, 15) is 0 Å². The summed E-state index contributed by atoms with van der Waals surface area (Å²) in [7, 11) is 2.00. The van der Waals surface area contributed by atoms with Crippen molar-refractivity contribution in [1.82, 2.24) is 0 Å². The Morgan fingerprint density at radius 2 is 1.88 bits per heavy atom. The summed E-state index contributed by atoms with van der Waals surface area (Å²) in [6, 6.07) is 0.883. The molecule has 0 spiro atoms. The maximum atomic E-state index is 5.43. The summed E-state index contributed by atoms with van der Waals surface area (Å²) in [5.74, 6) is 0.637. The Hall–Kier alpha value is 0.427. The maximum absolute atomic E-state index is 5.43. The Kier molecular flexibility index (Phi) is 5.86. The van der Waals surface area contributed by atoms with Crippen LogP contribution in [0.4, 0.5) is 0 Å². The van der Waals surface area contributed by atoms with Crippen molar-refractivity contribution in [3.8, 4) is 0 Å². The molecule has 0 aromatic heterocycles. The van der Waals surface area contributed by atoms with Crippen molar-refractivity contribution in [1.29, 1.82) is 0 Å². The zero-order valence-electron chi connectivity index (χ0n) is 5.19. The van der Waals surface area contributed by atoms with Crippen LogP contribution in [-0.2, 0) is 8.85 Å². The predicted molar refractivity (Wildman–Crippen MR) is 36.7 cm³/mol. The summed E-state index contributed by atoms with van der Waals surface area (Å²) < 4.78 is 9.94.